The zero-order chi connectivity index (χ0) is 12.3. The Balaban J connectivity index is 2.10. The number of benzene rings is 1. The normalized spacial score (nSPS) is 25.6. The van der Waals surface area contributed by atoms with Crippen LogP contribution in [-0.2, 0) is 6.42 Å². The van der Waals surface area contributed by atoms with E-state index in [0.717, 1.165) is 12.0 Å². The molecule has 0 amide bonds. The maximum atomic E-state index is 13.5. The summed E-state index contributed by atoms with van der Waals surface area (Å²) in [5.74, 6) is 0.484. The maximum absolute atomic E-state index is 13.5. The first kappa shape index (κ1) is 13.5. The van der Waals surface area contributed by atoms with Gasteiger partial charge in [0.1, 0.15) is 5.82 Å². The van der Waals surface area contributed by atoms with Crippen LogP contribution >= 0.6 is 31.9 Å². The fourth-order valence-corrected chi connectivity index (χ4v) is 3.76. The van der Waals surface area contributed by atoms with E-state index in [4.69, 9.17) is 0 Å². The van der Waals surface area contributed by atoms with Crippen molar-refractivity contribution in [3.05, 3.63) is 34.1 Å². The summed E-state index contributed by atoms with van der Waals surface area (Å²) in [6.07, 6.45) is 7.42. The fourth-order valence-electron chi connectivity index (χ4n) is 2.56. The Morgan fingerprint density at radius 2 is 1.94 bits per heavy atom. The molecule has 0 aromatic heterocycles. The predicted octanol–water partition coefficient (Wildman–Crippen LogP) is 5.47. The third-order valence-corrected chi connectivity index (χ3v) is 5.67. The van der Waals surface area contributed by atoms with Gasteiger partial charge in [-0.2, -0.15) is 0 Å². The summed E-state index contributed by atoms with van der Waals surface area (Å²) in [5.41, 5.74) is 1.10. The quantitative estimate of drug-likeness (QED) is 0.482. The number of rotatable bonds is 2. The van der Waals surface area contributed by atoms with E-state index in [2.05, 4.69) is 31.9 Å². The highest BCUT2D eigenvalue weighted by molar-refractivity contribution is 9.10. The van der Waals surface area contributed by atoms with Gasteiger partial charge in [0.15, 0.2) is 0 Å². The van der Waals surface area contributed by atoms with Crippen LogP contribution in [0.25, 0.3) is 0 Å². The largest absolute Gasteiger partial charge is 0.206 e. The highest BCUT2D eigenvalue weighted by Gasteiger charge is 2.22. The lowest BCUT2D eigenvalue weighted by Gasteiger charge is -2.20. The second-order valence-electron chi connectivity index (χ2n) is 4.83. The summed E-state index contributed by atoms with van der Waals surface area (Å²) < 4.78 is 14.1. The minimum Gasteiger partial charge on any atom is -0.206 e. The Hall–Kier alpha value is 0.110. The third kappa shape index (κ3) is 3.54. The lowest BCUT2D eigenvalue weighted by atomic mass is 9.92. The number of hydrogen-bond donors (Lipinski definition) is 0. The molecule has 1 saturated carbocycles. The molecule has 0 heterocycles. The zero-order valence-electron chi connectivity index (χ0n) is 9.76. The first-order chi connectivity index (χ1) is 8.18. The molecule has 0 aliphatic heterocycles. The van der Waals surface area contributed by atoms with Crippen molar-refractivity contribution in [2.24, 2.45) is 5.92 Å². The highest BCUT2D eigenvalue weighted by atomic mass is 79.9. The van der Waals surface area contributed by atoms with Gasteiger partial charge in [0.05, 0.1) is 4.47 Å². The fraction of sp³-hybridized carbons (Fsp3) is 0.571. The first-order valence-corrected chi connectivity index (χ1v) is 7.96. The van der Waals surface area contributed by atoms with Crippen LogP contribution in [0, 0.1) is 11.7 Å². The van der Waals surface area contributed by atoms with Crippen LogP contribution in [0.3, 0.4) is 0 Å². The molecule has 0 N–H and O–H groups in total. The predicted molar refractivity (Wildman–Crippen MR) is 77.1 cm³/mol. The van der Waals surface area contributed by atoms with E-state index in [-0.39, 0.29) is 5.82 Å². The summed E-state index contributed by atoms with van der Waals surface area (Å²) in [6.45, 7) is 0. The lowest BCUT2D eigenvalue weighted by Crippen LogP contribution is -2.16. The van der Waals surface area contributed by atoms with Gasteiger partial charge in [-0.25, -0.2) is 4.39 Å². The number of alkyl halides is 1. The van der Waals surface area contributed by atoms with Gasteiger partial charge in [-0.1, -0.05) is 47.3 Å². The molecule has 0 spiro atoms. The van der Waals surface area contributed by atoms with E-state index >= 15 is 0 Å². The van der Waals surface area contributed by atoms with Crippen molar-refractivity contribution in [1.82, 2.24) is 0 Å². The molecule has 1 aromatic rings. The van der Waals surface area contributed by atoms with Crippen molar-refractivity contribution < 1.29 is 4.39 Å². The summed E-state index contributed by atoms with van der Waals surface area (Å²) >= 11 is 7.15. The highest BCUT2D eigenvalue weighted by Crippen LogP contribution is 2.33. The summed E-state index contributed by atoms with van der Waals surface area (Å²) in [7, 11) is 0. The molecule has 0 nitrogen and oxygen atoms in total. The van der Waals surface area contributed by atoms with Gasteiger partial charge in [0.25, 0.3) is 0 Å². The van der Waals surface area contributed by atoms with Crippen molar-refractivity contribution in [3.8, 4) is 0 Å². The van der Waals surface area contributed by atoms with Crippen LogP contribution in [0.5, 0.6) is 0 Å². The molecule has 17 heavy (non-hydrogen) atoms. The van der Waals surface area contributed by atoms with Crippen molar-refractivity contribution in [3.63, 3.8) is 0 Å². The van der Waals surface area contributed by atoms with Crippen molar-refractivity contribution in [2.45, 2.75) is 43.4 Å². The van der Waals surface area contributed by atoms with E-state index in [0.29, 0.717) is 15.2 Å². The van der Waals surface area contributed by atoms with Gasteiger partial charge in [-0.05, 0) is 52.7 Å². The Morgan fingerprint density at radius 1 is 1.18 bits per heavy atom. The average Bonchev–Trinajstić information content (AvgIpc) is 2.51. The molecule has 2 atom stereocenters. The second kappa shape index (κ2) is 6.33. The molecule has 2 rings (SSSR count). The third-order valence-electron chi connectivity index (χ3n) is 3.58. The van der Waals surface area contributed by atoms with Crippen LogP contribution in [0.15, 0.2) is 22.7 Å². The molecular weight excluding hydrogens is 347 g/mol. The molecular formula is C14H17Br2F. The molecule has 2 unspecified atom stereocenters. The molecule has 3 heteroatoms. The topological polar surface area (TPSA) is 0 Å². The van der Waals surface area contributed by atoms with Crippen molar-refractivity contribution in [1.29, 1.82) is 0 Å². The van der Waals surface area contributed by atoms with Crippen molar-refractivity contribution >= 4 is 31.9 Å². The van der Waals surface area contributed by atoms with E-state index in [1.807, 2.05) is 6.07 Å². The van der Waals surface area contributed by atoms with Crippen LogP contribution in [0.2, 0.25) is 0 Å². The molecule has 0 radical (unpaired) electrons. The molecule has 1 fully saturated rings. The molecule has 1 aromatic carbocycles. The van der Waals surface area contributed by atoms with Crippen LogP contribution in [0.1, 0.15) is 37.7 Å². The summed E-state index contributed by atoms with van der Waals surface area (Å²) in [6, 6.07) is 5.33. The SMILES string of the molecule is Fc1cccc(CC2CCCCCC2Br)c1Br. The van der Waals surface area contributed by atoms with Crippen LogP contribution < -0.4 is 0 Å². The van der Waals surface area contributed by atoms with E-state index in [9.17, 15) is 4.39 Å². The lowest BCUT2D eigenvalue weighted by molar-refractivity contribution is 0.473. The Kier molecular flexibility index (Phi) is 5.04. The monoisotopic (exact) mass is 362 g/mol. The minimum atomic E-state index is -0.151. The van der Waals surface area contributed by atoms with E-state index in [1.54, 1.807) is 6.07 Å². The number of halogens is 3. The van der Waals surface area contributed by atoms with E-state index < -0.39 is 0 Å². The zero-order valence-corrected chi connectivity index (χ0v) is 12.9. The smallest absolute Gasteiger partial charge is 0.137 e. The van der Waals surface area contributed by atoms with Gasteiger partial charge in [-0.15, -0.1) is 0 Å². The minimum absolute atomic E-state index is 0.151. The maximum Gasteiger partial charge on any atom is 0.137 e. The molecule has 1 aliphatic carbocycles. The number of hydrogen-bond acceptors (Lipinski definition) is 0. The average molecular weight is 364 g/mol. The van der Waals surface area contributed by atoms with Gasteiger partial charge < -0.3 is 0 Å². The Morgan fingerprint density at radius 3 is 2.76 bits per heavy atom. The molecule has 1 aliphatic rings. The second-order valence-corrected chi connectivity index (χ2v) is 6.80. The van der Waals surface area contributed by atoms with Gasteiger partial charge >= 0.3 is 0 Å². The van der Waals surface area contributed by atoms with Crippen LogP contribution in [0.4, 0.5) is 4.39 Å². The van der Waals surface area contributed by atoms with Crippen LogP contribution in [-0.4, -0.2) is 4.83 Å². The van der Waals surface area contributed by atoms with Gasteiger partial charge in [-0.3, -0.25) is 0 Å². The van der Waals surface area contributed by atoms with Gasteiger partial charge in [0.2, 0.25) is 0 Å². The molecule has 0 bridgehead atoms. The Bertz CT molecular complexity index is 378. The standard InChI is InChI=1S/C14H17Br2F/c15-12-7-3-1-2-5-10(12)9-11-6-4-8-13(17)14(11)16/h4,6,8,10,12H,1-3,5,7,9H2. The Labute approximate surface area is 119 Å². The first-order valence-electron chi connectivity index (χ1n) is 6.25. The molecule has 0 saturated heterocycles. The van der Waals surface area contributed by atoms with Crippen molar-refractivity contribution in [2.75, 3.05) is 0 Å². The molecule has 94 valence electrons. The summed E-state index contributed by atoms with van der Waals surface area (Å²) in [4.78, 5) is 0.583. The summed E-state index contributed by atoms with van der Waals surface area (Å²) in [5, 5.41) is 0. The van der Waals surface area contributed by atoms with E-state index in [1.165, 1.54) is 38.2 Å². The van der Waals surface area contributed by atoms with Gasteiger partial charge in [0, 0.05) is 4.83 Å².